The zero-order chi connectivity index (χ0) is 12.6. The van der Waals surface area contributed by atoms with Crippen molar-refractivity contribution < 1.29 is 4.42 Å². The Bertz CT molecular complexity index is 439. The number of hydrogen-bond acceptors (Lipinski definition) is 5. The van der Waals surface area contributed by atoms with Gasteiger partial charge in [0, 0.05) is 6.42 Å². The monoisotopic (exact) mass is 265 g/mol. The number of aryl methyl sites for hydroxylation is 1. The summed E-state index contributed by atoms with van der Waals surface area (Å²) in [5, 5.41) is 15.7. The van der Waals surface area contributed by atoms with Gasteiger partial charge in [0.25, 0.3) is 0 Å². The van der Waals surface area contributed by atoms with E-state index < -0.39 is 0 Å². The quantitative estimate of drug-likeness (QED) is 0.746. The van der Waals surface area contributed by atoms with E-state index in [-0.39, 0.29) is 0 Å². The molecule has 0 aliphatic heterocycles. The molecule has 0 saturated carbocycles. The van der Waals surface area contributed by atoms with Crippen LogP contribution in [0, 0.1) is 0 Å². The SMILES string of the molecule is CCCNCCCc1nnc(Cc2ccsc2)o1. The van der Waals surface area contributed by atoms with Crippen molar-refractivity contribution in [3.63, 3.8) is 0 Å². The maximum absolute atomic E-state index is 5.62. The Hall–Kier alpha value is -1.20. The lowest BCUT2D eigenvalue weighted by atomic mass is 10.2. The van der Waals surface area contributed by atoms with Gasteiger partial charge in [0.05, 0.1) is 6.42 Å². The second-order valence-corrected chi connectivity index (χ2v) is 5.03. The molecule has 0 unspecified atom stereocenters. The Labute approximate surface area is 111 Å². The molecule has 0 fully saturated rings. The van der Waals surface area contributed by atoms with Crippen LogP contribution >= 0.6 is 11.3 Å². The number of hydrogen-bond donors (Lipinski definition) is 1. The van der Waals surface area contributed by atoms with Crippen LogP contribution in [0.2, 0.25) is 0 Å². The molecule has 2 heterocycles. The molecule has 0 aliphatic carbocycles. The first-order valence-corrected chi connectivity index (χ1v) is 7.36. The van der Waals surface area contributed by atoms with Gasteiger partial charge in [-0.15, -0.1) is 10.2 Å². The van der Waals surface area contributed by atoms with Gasteiger partial charge in [-0.3, -0.25) is 0 Å². The van der Waals surface area contributed by atoms with Crippen LogP contribution in [0.4, 0.5) is 0 Å². The zero-order valence-electron chi connectivity index (χ0n) is 10.7. The van der Waals surface area contributed by atoms with Crippen LogP contribution in [-0.4, -0.2) is 23.3 Å². The second-order valence-electron chi connectivity index (χ2n) is 4.25. The summed E-state index contributed by atoms with van der Waals surface area (Å²) >= 11 is 1.69. The molecule has 2 aromatic heterocycles. The fourth-order valence-corrected chi connectivity index (χ4v) is 2.36. The lowest BCUT2D eigenvalue weighted by Crippen LogP contribution is -2.16. The van der Waals surface area contributed by atoms with Crippen LogP contribution in [-0.2, 0) is 12.8 Å². The van der Waals surface area contributed by atoms with Crippen molar-refractivity contribution in [3.8, 4) is 0 Å². The summed E-state index contributed by atoms with van der Waals surface area (Å²) in [4.78, 5) is 0. The first-order chi connectivity index (χ1) is 8.88. The predicted octanol–water partition coefficient (Wildman–Crippen LogP) is 2.65. The summed E-state index contributed by atoms with van der Waals surface area (Å²) in [6.45, 7) is 4.26. The smallest absolute Gasteiger partial charge is 0.220 e. The van der Waals surface area contributed by atoms with E-state index in [9.17, 15) is 0 Å². The molecule has 0 atom stereocenters. The van der Waals surface area contributed by atoms with E-state index in [0.29, 0.717) is 5.89 Å². The molecule has 0 aromatic carbocycles. The molecule has 0 radical (unpaired) electrons. The highest BCUT2D eigenvalue weighted by Gasteiger charge is 2.06. The van der Waals surface area contributed by atoms with Crippen molar-refractivity contribution in [2.24, 2.45) is 0 Å². The lowest BCUT2D eigenvalue weighted by molar-refractivity contribution is 0.449. The average Bonchev–Trinajstić information content (AvgIpc) is 3.02. The van der Waals surface area contributed by atoms with Gasteiger partial charge in [0.1, 0.15) is 0 Å². The molecule has 1 N–H and O–H groups in total. The average molecular weight is 265 g/mol. The topological polar surface area (TPSA) is 51.0 Å². The summed E-state index contributed by atoms with van der Waals surface area (Å²) in [6, 6.07) is 2.09. The van der Waals surface area contributed by atoms with E-state index in [0.717, 1.165) is 38.2 Å². The molecule has 2 aromatic rings. The number of rotatable bonds is 8. The van der Waals surface area contributed by atoms with E-state index in [2.05, 4.69) is 39.3 Å². The molecule has 0 aliphatic rings. The summed E-state index contributed by atoms with van der Waals surface area (Å²) in [5.74, 6) is 1.46. The molecular weight excluding hydrogens is 246 g/mol. The van der Waals surface area contributed by atoms with E-state index >= 15 is 0 Å². The Morgan fingerprint density at radius 3 is 2.94 bits per heavy atom. The van der Waals surface area contributed by atoms with Gasteiger partial charge in [0.15, 0.2) is 0 Å². The zero-order valence-corrected chi connectivity index (χ0v) is 11.5. The Morgan fingerprint density at radius 2 is 2.17 bits per heavy atom. The predicted molar refractivity (Wildman–Crippen MR) is 72.9 cm³/mol. The third-order valence-corrected chi connectivity index (χ3v) is 3.35. The van der Waals surface area contributed by atoms with E-state index in [1.165, 1.54) is 12.0 Å². The summed E-state index contributed by atoms with van der Waals surface area (Å²) in [6.07, 6.45) is 3.81. The molecule has 98 valence electrons. The van der Waals surface area contributed by atoms with Crippen molar-refractivity contribution in [2.45, 2.75) is 32.6 Å². The van der Waals surface area contributed by atoms with Gasteiger partial charge in [-0.05, 0) is 48.3 Å². The summed E-state index contributed by atoms with van der Waals surface area (Å²) in [5.41, 5.74) is 1.24. The first kappa shape index (κ1) is 13.2. The van der Waals surface area contributed by atoms with Gasteiger partial charge >= 0.3 is 0 Å². The number of nitrogens with one attached hydrogen (secondary N) is 1. The van der Waals surface area contributed by atoms with E-state index in [1.54, 1.807) is 11.3 Å². The maximum atomic E-state index is 5.62. The Balaban J connectivity index is 1.72. The fourth-order valence-electron chi connectivity index (χ4n) is 1.70. The molecule has 0 spiro atoms. The second kappa shape index (κ2) is 7.28. The van der Waals surface area contributed by atoms with Crippen molar-refractivity contribution in [2.75, 3.05) is 13.1 Å². The molecule has 2 rings (SSSR count). The molecular formula is C13H19N3OS. The molecule has 4 nitrogen and oxygen atoms in total. The highest BCUT2D eigenvalue weighted by molar-refractivity contribution is 7.07. The third-order valence-electron chi connectivity index (χ3n) is 2.62. The van der Waals surface area contributed by atoms with Crippen LogP contribution < -0.4 is 5.32 Å². The molecule has 0 amide bonds. The maximum Gasteiger partial charge on any atom is 0.220 e. The normalized spacial score (nSPS) is 10.9. The van der Waals surface area contributed by atoms with E-state index in [1.807, 2.05) is 0 Å². The van der Waals surface area contributed by atoms with Crippen LogP contribution in [0.3, 0.4) is 0 Å². The van der Waals surface area contributed by atoms with Crippen molar-refractivity contribution in [1.29, 1.82) is 0 Å². The summed E-state index contributed by atoms with van der Waals surface area (Å²) < 4.78 is 5.62. The van der Waals surface area contributed by atoms with Gasteiger partial charge < -0.3 is 9.73 Å². The van der Waals surface area contributed by atoms with Crippen molar-refractivity contribution in [3.05, 3.63) is 34.2 Å². The lowest BCUT2D eigenvalue weighted by Gasteiger charge is -1.99. The van der Waals surface area contributed by atoms with Crippen LogP contribution in [0.25, 0.3) is 0 Å². The highest BCUT2D eigenvalue weighted by atomic mass is 32.1. The molecule has 0 saturated heterocycles. The largest absolute Gasteiger partial charge is 0.425 e. The number of thiophene rings is 1. The van der Waals surface area contributed by atoms with Gasteiger partial charge in [-0.25, -0.2) is 0 Å². The molecule has 5 heteroatoms. The number of aromatic nitrogens is 2. The minimum Gasteiger partial charge on any atom is -0.425 e. The van der Waals surface area contributed by atoms with Crippen LogP contribution in [0.15, 0.2) is 21.2 Å². The minimum atomic E-state index is 0.713. The standard InChI is InChI=1S/C13H19N3OS/c1-2-6-14-7-3-4-12-15-16-13(17-12)9-11-5-8-18-10-11/h5,8,10,14H,2-4,6-7,9H2,1H3. The summed E-state index contributed by atoms with van der Waals surface area (Å²) in [7, 11) is 0. The Morgan fingerprint density at radius 1 is 1.28 bits per heavy atom. The molecule has 18 heavy (non-hydrogen) atoms. The first-order valence-electron chi connectivity index (χ1n) is 6.41. The van der Waals surface area contributed by atoms with Crippen LogP contribution in [0.5, 0.6) is 0 Å². The van der Waals surface area contributed by atoms with E-state index in [4.69, 9.17) is 4.42 Å². The van der Waals surface area contributed by atoms with Crippen molar-refractivity contribution >= 4 is 11.3 Å². The van der Waals surface area contributed by atoms with Gasteiger partial charge in [-0.2, -0.15) is 11.3 Å². The third kappa shape index (κ3) is 4.23. The van der Waals surface area contributed by atoms with Gasteiger partial charge in [0.2, 0.25) is 11.8 Å². The minimum absolute atomic E-state index is 0.713. The Kier molecular flexibility index (Phi) is 5.36. The van der Waals surface area contributed by atoms with Crippen molar-refractivity contribution in [1.82, 2.24) is 15.5 Å². The van der Waals surface area contributed by atoms with Crippen LogP contribution in [0.1, 0.15) is 37.1 Å². The fraction of sp³-hybridized carbons (Fsp3) is 0.538. The van der Waals surface area contributed by atoms with Gasteiger partial charge in [-0.1, -0.05) is 6.92 Å². The molecule has 0 bridgehead atoms. The highest BCUT2D eigenvalue weighted by Crippen LogP contribution is 2.12. The number of nitrogens with zero attached hydrogens (tertiary/aromatic N) is 2.